The van der Waals surface area contributed by atoms with Crippen molar-refractivity contribution in [2.45, 2.75) is 20.8 Å². The number of fused-ring (bicyclic) bond motifs is 1. The van der Waals surface area contributed by atoms with Gasteiger partial charge in [-0.25, -0.2) is 9.78 Å². The van der Waals surface area contributed by atoms with E-state index in [-0.39, 0.29) is 12.5 Å². The first-order valence-electron chi connectivity index (χ1n) is 8.20. The number of carbonyl (C=O) groups is 2. The molecule has 6 nitrogen and oxygen atoms in total. The highest BCUT2D eigenvalue weighted by Crippen LogP contribution is 2.25. The molecular formula is C19H20N4O2S. The van der Waals surface area contributed by atoms with Gasteiger partial charge in [-0.15, -0.1) is 0 Å². The number of hydrogen-bond donors (Lipinski definition) is 3. The molecule has 0 radical (unpaired) electrons. The minimum absolute atomic E-state index is 0.122. The first-order valence-corrected chi connectivity index (χ1v) is 9.02. The Hall–Kier alpha value is -2.93. The second-order valence-corrected chi connectivity index (χ2v) is 7.15. The number of para-hydroxylation sites is 1. The maximum atomic E-state index is 12.1. The van der Waals surface area contributed by atoms with Gasteiger partial charge in [0.15, 0.2) is 5.13 Å². The molecule has 0 aliphatic carbocycles. The Morgan fingerprint density at radius 2 is 1.73 bits per heavy atom. The first kappa shape index (κ1) is 17.9. The normalized spacial score (nSPS) is 10.6. The third-order valence-electron chi connectivity index (χ3n) is 3.87. The number of anilines is 2. The van der Waals surface area contributed by atoms with Gasteiger partial charge in [-0.2, -0.15) is 0 Å². The number of amides is 3. The van der Waals surface area contributed by atoms with Gasteiger partial charge in [0.2, 0.25) is 5.91 Å². The molecule has 2 aromatic carbocycles. The van der Waals surface area contributed by atoms with Crippen LogP contribution in [0.5, 0.6) is 0 Å². The van der Waals surface area contributed by atoms with Crippen LogP contribution in [0.2, 0.25) is 0 Å². The van der Waals surface area contributed by atoms with Crippen molar-refractivity contribution in [3.8, 4) is 0 Å². The largest absolute Gasteiger partial charge is 0.329 e. The predicted molar refractivity (Wildman–Crippen MR) is 106 cm³/mol. The fourth-order valence-corrected chi connectivity index (χ4v) is 3.65. The van der Waals surface area contributed by atoms with Crippen LogP contribution in [0.1, 0.15) is 16.7 Å². The van der Waals surface area contributed by atoms with E-state index in [0.717, 1.165) is 32.6 Å². The molecule has 0 fully saturated rings. The lowest BCUT2D eigenvalue weighted by molar-refractivity contribution is -0.115. The number of nitrogens with one attached hydrogen (secondary N) is 3. The Morgan fingerprint density at radius 1 is 1.04 bits per heavy atom. The average molecular weight is 368 g/mol. The smallest absolute Gasteiger partial charge is 0.321 e. The Kier molecular flexibility index (Phi) is 5.18. The van der Waals surface area contributed by atoms with Crippen LogP contribution >= 0.6 is 11.3 Å². The van der Waals surface area contributed by atoms with Crippen molar-refractivity contribution in [2.24, 2.45) is 0 Å². The highest BCUT2D eigenvalue weighted by Gasteiger charge is 2.11. The molecule has 0 spiro atoms. The van der Waals surface area contributed by atoms with Crippen LogP contribution in [0.15, 0.2) is 36.4 Å². The zero-order valence-corrected chi connectivity index (χ0v) is 15.7. The van der Waals surface area contributed by atoms with E-state index in [4.69, 9.17) is 0 Å². The van der Waals surface area contributed by atoms with Crippen LogP contribution in [-0.2, 0) is 4.79 Å². The fourth-order valence-electron chi connectivity index (χ4n) is 2.79. The minimum Gasteiger partial charge on any atom is -0.329 e. The number of benzene rings is 2. The molecule has 0 saturated carbocycles. The van der Waals surface area contributed by atoms with E-state index in [9.17, 15) is 9.59 Å². The van der Waals surface area contributed by atoms with E-state index in [1.807, 2.05) is 57.2 Å². The highest BCUT2D eigenvalue weighted by molar-refractivity contribution is 7.22. The summed E-state index contributed by atoms with van der Waals surface area (Å²) in [5, 5.41) is 8.56. The van der Waals surface area contributed by atoms with Crippen molar-refractivity contribution < 1.29 is 9.59 Å². The van der Waals surface area contributed by atoms with Crippen LogP contribution in [0.3, 0.4) is 0 Å². The minimum atomic E-state index is -0.462. The Labute approximate surface area is 155 Å². The monoisotopic (exact) mass is 368 g/mol. The van der Waals surface area contributed by atoms with Crippen LogP contribution in [0, 0.1) is 20.8 Å². The average Bonchev–Trinajstić information content (AvgIpc) is 2.98. The van der Waals surface area contributed by atoms with E-state index in [0.29, 0.717) is 5.13 Å². The maximum Gasteiger partial charge on any atom is 0.321 e. The summed E-state index contributed by atoms with van der Waals surface area (Å²) in [4.78, 5) is 28.4. The number of thiazole rings is 1. The van der Waals surface area contributed by atoms with E-state index in [1.165, 1.54) is 11.3 Å². The Bertz CT molecular complexity index is 925. The second kappa shape index (κ2) is 7.53. The zero-order chi connectivity index (χ0) is 18.7. The molecule has 0 atom stereocenters. The van der Waals surface area contributed by atoms with Crippen molar-refractivity contribution in [1.82, 2.24) is 10.3 Å². The van der Waals surface area contributed by atoms with Gasteiger partial charge < -0.3 is 10.6 Å². The van der Waals surface area contributed by atoms with Gasteiger partial charge in [0.1, 0.15) is 0 Å². The van der Waals surface area contributed by atoms with Gasteiger partial charge in [-0.1, -0.05) is 41.2 Å². The number of hydrogen-bond acceptors (Lipinski definition) is 4. The lowest BCUT2D eigenvalue weighted by Crippen LogP contribution is -2.36. The molecule has 0 saturated heterocycles. The first-order chi connectivity index (χ1) is 12.4. The van der Waals surface area contributed by atoms with Crippen molar-refractivity contribution >= 4 is 44.3 Å². The second-order valence-electron chi connectivity index (χ2n) is 6.12. The summed E-state index contributed by atoms with van der Waals surface area (Å²) < 4.78 is 0.992. The molecular weight excluding hydrogens is 348 g/mol. The van der Waals surface area contributed by atoms with Crippen LogP contribution in [-0.4, -0.2) is 23.5 Å². The molecule has 0 unspecified atom stereocenters. The van der Waals surface area contributed by atoms with Crippen molar-refractivity contribution in [1.29, 1.82) is 0 Å². The highest BCUT2D eigenvalue weighted by atomic mass is 32.1. The number of urea groups is 1. The molecule has 1 aromatic heterocycles. The Balaban J connectivity index is 1.55. The lowest BCUT2D eigenvalue weighted by Gasteiger charge is -2.13. The molecule has 26 heavy (non-hydrogen) atoms. The van der Waals surface area contributed by atoms with Crippen LogP contribution in [0.25, 0.3) is 10.2 Å². The van der Waals surface area contributed by atoms with E-state index >= 15 is 0 Å². The summed E-state index contributed by atoms with van der Waals surface area (Å²) in [5.41, 5.74) is 4.75. The molecule has 3 rings (SSSR count). The van der Waals surface area contributed by atoms with Gasteiger partial charge in [-0.05, 0) is 44.0 Å². The summed E-state index contributed by atoms with van der Waals surface area (Å²) in [7, 11) is 0. The van der Waals surface area contributed by atoms with Gasteiger partial charge in [0.25, 0.3) is 0 Å². The summed E-state index contributed by atoms with van der Waals surface area (Å²) in [6, 6.07) is 11.2. The summed E-state index contributed by atoms with van der Waals surface area (Å²) >= 11 is 1.38. The van der Waals surface area contributed by atoms with Gasteiger partial charge >= 0.3 is 6.03 Å². The molecule has 3 aromatic rings. The fraction of sp³-hybridized carbons (Fsp3) is 0.211. The van der Waals surface area contributed by atoms with Gasteiger partial charge in [0, 0.05) is 5.69 Å². The SMILES string of the molecule is Cc1cc(C)c(NC(=O)CNC(=O)Nc2nc3ccccc3s2)c(C)c1. The lowest BCUT2D eigenvalue weighted by atomic mass is 10.1. The van der Waals surface area contributed by atoms with Crippen LogP contribution < -0.4 is 16.0 Å². The topological polar surface area (TPSA) is 83.1 Å². The molecule has 0 aliphatic rings. The predicted octanol–water partition coefficient (Wildman–Crippen LogP) is 3.98. The quantitative estimate of drug-likeness (QED) is 0.651. The van der Waals surface area contributed by atoms with Gasteiger partial charge in [0.05, 0.1) is 16.8 Å². The summed E-state index contributed by atoms with van der Waals surface area (Å²) in [5.74, 6) is -0.278. The van der Waals surface area contributed by atoms with Crippen LogP contribution in [0.4, 0.5) is 15.6 Å². The maximum absolute atomic E-state index is 12.1. The zero-order valence-electron chi connectivity index (χ0n) is 14.8. The van der Waals surface area contributed by atoms with E-state index in [2.05, 4.69) is 20.9 Å². The molecule has 134 valence electrons. The van der Waals surface area contributed by atoms with Gasteiger partial charge in [-0.3, -0.25) is 10.1 Å². The summed E-state index contributed by atoms with van der Waals surface area (Å²) in [6.07, 6.45) is 0. The number of carbonyl (C=O) groups excluding carboxylic acids is 2. The van der Waals surface area contributed by atoms with E-state index in [1.54, 1.807) is 0 Å². The third-order valence-corrected chi connectivity index (χ3v) is 4.82. The summed E-state index contributed by atoms with van der Waals surface area (Å²) in [6.45, 7) is 5.79. The number of nitrogens with zero attached hydrogens (tertiary/aromatic N) is 1. The standard InChI is InChI=1S/C19H20N4O2S/c1-11-8-12(2)17(13(3)9-11)22-16(24)10-20-18(25)23-19-21-14-6-4-5-7-15(14)26-19/h4-9H,10H2,1-3H3,(H,22,24)(H2,20,21,23,25). The molecule has 0 bridgehead atoms. The number of rotatable bonds is 4. The van der Waals surface area contributed by atoms with Crippen molar-refractivity contribution in [2.75, 3.05) is 17.2 Å². The number of aromatic nitrogens is 1. The van der Waals surface area contributed by atoms with Crippen molar-refractivity contribution in [3.05, 3.63) is 53.1 Å². The van der Waals surface area contributed by atoms with Crippen molar-refractivity contribution in [3.63, 3.8) is 0 Å². The molecule has 3 N–H and O–H groups in total. The third kappa shape index (κ3) is 4.18. The molecule has 0 aliphatic heterocycles. The number of aryl methyl sites for hydroxylation is 3. The molecule has 3 amide bonds. The molecule has 1 heterocycles. The Morgan fingerprint density at radius 3 is 2.42 bits per heavy atom. The molecule has 7 heteroatoms. The van der Waals surface area contributed by atoms with E-state index < -0.39 is 6.03 Å².